The maximum Gasteiger partial charge on any atom is 0.256 e. The summed E-state index contributed by atoms with van der Waals surface area (Å²) < 4.78 is 24.0. The lowest BCUT2D eigenvalue weighted by atomic mass is 10.1. The number of carbonyl (C=O) groups excluding carboxylic acids is 1. The number of methoxy groups -OCH3 is 2. The lowest BCUT2D eigenvalue weighted by Crippen LogP contribution is -2.14. The van der Waals surface area contributed by atoms with Gasteiger partial charge in [0.2, 0.25) is 0 Å². The lowest BCUT2D eigenvalue weighted by Gasteiger charge is -2.13. The molecule has 0 aromatic heterocycles. The number of hydrogen-bond donors (Lipinski definition) is 2. The Balaban J connectivity index is 2.38. The Morgan fingerprint density at radius 3 is 2.27 bits per heavy atom. The number of rotatable bonds is 4. The van der Waals surface area contributed by atoms with Crippen molar-refractivity contribution in [3.63, 3.8) is 0 Å². The van der Waals surface area contributed by atoms with Gasteiger partial charge in [0, 0.05) is 11.1 Å². The van der Waals surface area contributed by atoms with Gasteiger partial charge < -0.3 is 19.9 Å². The first-order chi connectivity index (χ1) is 10.5. The molecule has 0 radical (unpaired) electrons. The summed E-state index contributed by atoms with van der Waals surface area (Å²) in [4.78, 5) is 12.3. The number of nitrogens with one attached hydrogen (secondary N) is 1. The summed E-state index contributed by atoms with van der Waals surface area (Å²) in [6.45, 7) is 1.79. The maximum atomic E-state index is 13.7. The van der Waals surface area contributed by atoms with Crippen LogP contribution in [0.25, 0.3) is 0 Å². The predicted molar refractivity (Wildman–Crippen MR) is 80.3 cm³/mol. The highest BCUT2D eigenvalue weighted by molar-refractivity contribution is 6.05. The molecule has 0 fully saturated rings. The summed E-state index contributed by atoms with van der Waals surface area (Å²) >= 11 is 0. The third-order valence-corrected chi connectivity index (χ3v) is 3.24. The van der Waals surface area contributed by atoms with Gasteiger partial charge in [-0.3, -0.25) is 4.79 Å². The molecule has 0 aliphatic heterocycles. The monoisotopic (exact) mass is 305 g/mol. The third kappa shape index (κ3) is 2.95. The highest BCUT2D eigenvalue weighted by Crippen LogP contribution is 2.31. The summed E-state index contributed by atoms with van der Waals surface area (Å²) in [6, 6.07) is 6.81. The average molecular weight is 305 g/mol. The van der Waals surface area contributed by atoms with E-state index in [-0.39, 0.29) is 17.0 Å². The minimum absolute atomic E-state index is 0.224. The summed E-state index contributed by atoms with van der Waals surface area (Å²) in [6.07, 6.45) is 0. The molecule has 0 bridgehead atoms. The van der Waals surface area contributed by atoms with Crippen molar-refractivity contribution in [3.8, 4) is 17.2 Å². The molecule has 0 spiro atoms. The van der Waals surface area contributed by atoms with E-state index in [0.717, 1.165) is 11.6 Å². The second kappa shape index (κ2) is 6.34. The van der Waals surface area contributed by atoms with Crippen LogP contribution in [-0.2, 0) is 0 Å². The normalized spacial score (nSPS) is 10.2. The van der Waals surface area contributed by atoms with Crippen LogP contribution in [0.15, 0.2) is 30.3 Å². The molecule has 2 rings (SSSR count). The van der Waals surface area contributed by atoms with Crippen LogP contribution in [0.1, 0.15) is 15.9 Å². The van der Waals surface area contributed by atoms with Gasteiger partial charge in [-0.2, -0.15) is 0 Å². The van der Waals surface area contributed by atoms with Gasteiger partial charge in [-0.15, -0.1) is 0 Å². The fourth-order valence-corrected chi connectivity index (χ4v) is 2.04. The van der Waals surface area contributed by atoms with Gasteiger partial charge in [-0.1, -0.05) is 6.07 Å². The number of aromatic hydroxyl groups is 1. The molecule has 0 aliphatic carbocycles. The summed E-state index contributed by atoms with van der Waals surface area (Å²) in [5, 5.41) is 12.0. The van der Waals surface area contributed by atoms with Crippen LogP contribution in [0, 0.1) is 12.7 Å². The SMILES string of the molecule is COc1cc(C(=O)Nc2c(O)cccc2F)cc(OC)c1C. The molecule has 0 unspecified atom stereocenters. The van der Waals surface area contributed by atoms with Crippen LogP contribution >= 0.6 is 0 Å². The topological polar surface area (TPSA) is 67.8 Å². The first-order valence-corrected chi connectivity index (χ1v) is 6.49. The number of anilines is 1. The molecule has 5 nitrogen and oxygen atoms in total. The zero-order valence-corrected chi connectivity index (χ0v) is 12.4. The largest absolute Gasteiger partial charge is 0.506 e. The number of carbonyl (C=O) groups is 1. The van der Waals surface area contributed by atoms with Gasteiger partial charge in [-0.25, -0.2) is 4.39 Å². The molecule has 2 aromatic rings. The molecule has 0 aliphatic rings. The molecule has 116 valence electrons. The smallest absolute Gasteiger partial charge is 0.256 e. The quantitative estimate of drug-likeness (QED) is 0.852. The minimum atomic E-state index is -0.723. The Bertz CT molecular complexity index is 670. The first kappa shape index (κ1) is 15.6. The van der Waals surface area contributed by atoms with Gasteiger partial charge in [0.25, 0.3) is 5.91 Å². The standard InChI is InChI=1S/C16H16FNO4/c1-9-13(21-2)7-10(8-14(9)22-3)16(20)18-15-11(17)5-4-6-12(15)19/h4-8,19H,1-3H3,(H,18,20). The second-order valence-electron chi connectivity index (χ2n) is 4.59. The van der Waals surface area contributed by atoms with Gasteiger partial charge in [0.15, 0.2) is 5.82 Å². The Hall–Kier alpha value is -2.76. The number of phenolic OH excluding ortho intramolecular Hbond substituents is 1. The first-order valence-electron chi connectivity index (χ1n) is 6.49. The van der Waals surface area contributed by atoms with Crippen LogP contribution in [0.2, 0.25) is 0 Å². The number of amides is 1. The summed E-state index contributed by atoms with van der Waals surface area (Å²) in [5.41, 5.74) is 0.697. The average Bonchev–Trinajstić information content (AvgIpc) is 2.51. The van der Waals surface area contributed by atoms with Crippen LogP contribution in [-0.4, -0.2) is 25.2 Å². The Kier molecular flexibility index (Phi) is 4.50. The summed E-state index contributed by atoms with van der Waals surface area (Å²) in [5.74, 6) is -0.708. The van der Waals surface area contributed by atoms with Crippen molar-refractivity contribution >= 4 is 11.6 Å². The summed E-state index contributed by atoms with van der Waals surface area (Å²) in [7, 11) is 2.96. The lowest BCUT2D eigenvalue weighted by molar-refractivity contribution is 0.102. The highest BCUT2D eigenvalue weighted by atomic mass is 19.1. The second-order valence-corrected chi connectivity index (χ2v) is 4.59. The van der Waals surface area contributed by atoms with E-state index in [1.54, 1.807) is 6.92 Å². The van der Waals surface area contributed by atoms with E-state index < -0.39 is 11.7 Å². The van der Waals surface area contributed by atoms with E-state index in [1.807, 2.05) is 0 Å². The molecule has 0 heterocycles. The number of hydrogen-bond acceptors (Lipinski definition) is 4. The number of halogens is 1. The Morgan fingerprint density at radius 2 is 1.77 bits per heavy atom. The van der Waals surface area contributed by atoms with E-state index in [2.05, 4.69) is 5.32 Å². The van der Waals surface area contributed by atoms with E-state index in [1.165, 1.54) is 38.5 Å². The minimum Gasteiger partial charge on any atom is -0.506 e. The highest BCUT2D eigenvalue weighted by Gasteiger charge is 2.16. The van der Waals surface area contributed by atoms with Crippen LogP contribution < -0.4 is 14.8 Å². The zero-order chi connectivity index (χ0) is 16.3. The molecular formula is C16H16FNO4. The molecule has 0 saturated carbocycles. The van der Waals surface area contributed by atoms with Crippen LogP contribution in [0.5, 0.6) is 17.2 Å². The van der Waals surface area contributed by atoms with Crippen molar-refractivity contribution in [2.45, 2.75) is 6.92 Å². The number of ether oxygens (including phenoxy) is 2. The molecular weight excluding hydrogens is 289 g/mol. The molecule has 22 heavy (non-hydrogen) atoms. The molecule has 0 saturated heterocycles. The molecule has 1 amide bonds. The van der Waals surface area contributed by atoms with Crippen LogP contribution in [0.4, 0.5) is 10.1 Å². The van der Waals surface area contributed by atoms with E-state index >= 15 is 0 Å². The van der Waals surface area contributed by atoms with Gasteiger partial charge in [-0.05, 0) is 31.2 Å². The number of benzene rings is 2. The maximum absolute atomic E-state index is 13.7. The van der Waals surface area contributed by atoms with Gasteiger partial charge in [0.05, 0.1) is 14.2 Å². The van der Waals surface area contributed by atoms with Crippen molar-refractivity contribution < 1.29 is 23.8 Å². The fraction of sp³-hybridized carbons (Fsp3) is 0.188. The van der Waals surface area contributed by atoms with Crippen molar-refractivity contribution in [1.82, 2.24) is 0 Å². The Morgan fingerprint density at radius 1 is 1.18 bits per heavy atom. The number of para-hydroxylation sites is 1. The number of phenols is 1. The van der Waals surface area contributed by atoms with Crippen molar-refractivity contribution in [1.29, 1.82) is 0 Å². The van der Waals surface area contributed by atoms with E-state index in [0.29, 0.717) is 11.5 Å². The zero-order valence-electron chi connectivity index (χ0n) is 12.4. The predicted octanol–water partition coefficient (Wildman–Crippen LogP) is 3.11. The molecule has 6 heteroatoms. The van der Waals surface area contributed by atoms with Crippen molar-refractivity contribution in [2.75, 3.05) is 19.5 Å². The molecule has 2 aromatic carbocycles. The third-order valence-electron chi connectivity index (χ3n) is 3.24. The van der Waals surface area contributed by atoms with Gasteiger partial charge in [0.1, 0.15) is 22.9 Å². The van der Waals surface area contributed by atoms with Crippen molar-refractivity contribution in [3.05, 3.63) is 47.3 Å². The van der Waals surface area contributed by atoms with E-state index in [9.17, 15) is 14.3 Å². The van der Waals surface area contributed by atoms with Gasteiger partial charge >= 0.3 is 0 Å². The Labute approximate surface area is 127 Å². The molecule has 2 N–H and O–H groups in total. The molecule has 0 atom stereocenters. The van der Waals surface area contributed by atoms with E-state index in [4.69, 9.17) is 9.47 Å². The fourth-order valence-electron chi connectivity index (χ4n) is 2.04. The van der Waals surface area contributed by atoms with Crippen molar-refractivity contribution in [2.24, 2.45) is 0 Å². The van der Waals surface area contributed by atoms with Crippen LogP contribution in [0.3, 0.4) is 0 Å².